The lowest BCUT2D eigenvalue weighted by Crippen LogP contribution is -2.18. The summed E-state index contributed by atoms with van der Waals surface area (Å²) in [6, 6.07) is 0. The summed E-state index contributed by atoms with van der Waals surface area (Å²) in [7, 11) is 0. The van der Waals surface area contributed by atoms with Gasteiger partial charge in [-0.15, -0.1) is 0 Å². The molecule has 0 N–H and O–H groups in total. The van der Waals surface area contributed by atoms with Crippen LogP contribution in [0.15, 0.2) is 12.3 Å². The predicted octanol–water partition coefficient (Wildman–Crippen LogP) is 0.118. The highest BCUT2D eigenvalue weighted by molar-refractivity contribution is 6.34. The van der Waals surface area contributed by atoms with Gasteiger partial charge >= 0.3 is 11.7 Å². The zero-order valence-electron chi connectivity index (χ0n) is 4.57. The Balaban J connectivity index is 2.88. The molecule has 0 unspecified atom stereocenters. The molecule has 0 saturated carbocycles. The van der Waals surface area contributed by atoms with Crippen LogP contribution in [0.4, 0.5) is 0 Å². The summed E-state index contributed by atoms with van der Waals surface area (Å²) >= 11 is 0. The number of carbonyl (C=O) groups is 1. The van der Waals surface area contributed by atoms with Crippen LogP contribution in [-0.2, 0) is 9.53 Å². The molecule has 1 heterocycles. The molecule has 0 atom stereocenters. The minimum Gasteiger partial charge on any atom is -0.426 e. The van der Waals surface area contributed by atoms with Crippen LogP contribution in [0.5, 0.6) is 0 Å². The molecular weight excluding hydrogens is 120 g/mol. The quantitative estimate of drug-likeness (QED) is 0.261. The monoisotopic (exact) mass is 124 g/mol. The predicted molar refractivity (Wildman–Crippen MR) is 28.5 cm³/mol. The van der Waals surface area contributed by atoms with Gasteiger partial charge in [0.05, 0.1) is 12.7 Å². The second kappa shape index (κ2) is 2.24. The molecule has 0 fully saturated rings. The summed E-state index contributed by atoms with van der Waals surface area (Å²) in [5.74, 6) is -0.583. The highest BCUT2D eigenvalue weighted by Gasteiger charge is 2.22. The number of rotatable bonds is 0. The number of hydrogen-bond donors (Lipinski definition) is 0. The van der Waals surface area contributed by atoms with E-state index in [-0.39, 0.29) is 5.71 Å². The number of cyclic esters (lactones) is 1. The molecule has 0 radical (unpaired) electrons. The Morgan fingerprint density at radius 1 is 1.78 bits per heavy atom. The van der Waals surface area contributed by atoms with Crippen LogP contribution in [0.25, 0.3) is 5.53 Å². The highest BCUT2D eigenvalue weighted by atomic mass is 16.5. The molecule has 0 amide bonds. The summed E-state index contributed by atoms with van der Waals surface area (Å²) in [4.78, 5) is 13.2. The fraction of sp³-hybridized carbons (Fsp3) is 0.200. The van der Waals surface area contributed by atoms with E-state index in [9.17, 15) is 4.79 Å². The maximum Gasteiger partial charge on any atom is 0.422 e. The average molecular weight is 124 g/mol. The molecule has 0 aromatic rings. The van der Waals surface area contributed by atoms with E-state index in [2.05, 4.69) is 9.53 Å². The first-order chi connectivity index (χ1) is 4.34. The topological polar surface area (TPSA) is 62.7 Å². The molecule has 4 heteroatoms. The number of esters is 1. The summed E-state index contributed by atoms with van der Waals surface area (Å²) in [5.41, 5.74) is 8.15. The lowest BCUT2D eigenvalue weighted by Gasteiger charge is -1.96. The first-order valence-corrected chi connectivity index (χ1v) is 2.41. The van der Waals surface area contributed by atoms with Crippen molar-refractivity contribution < 1.29 is 14.3 Å². The van der Waals surface area contributed by atoms with Crippen LogP contribution in [0.2, 0.25) is 0 Å². The molecule has 0 saturated heterocycles. The van der Waals surface area contributed by atoms with E-state index in [1.54, 1.807) is 6.08 Å². The molecular formula is C5H4N2O2. The Kier molecular flexibility index (Phi) is 1.42. The van der Waals surface area contributed by atoms with Gasteiger partial charge in [0.1, 0.15) is 0 Å². The molecule has 1 rings (SSSR count). The van der Waals surface area contributed by atoms with Crippen LogP contribution in [0, 0.1) is 0 Å². The molecule has 0 aliphatic carbocycles. The van der Waals surface area contributed by atoms with Crippen LogP contribution < -0.4 is 0 Å². The summed E-state index contributed by atoms with van der Waals surface area (Å²) in [5, 5.41) is 0. The third-order valence-corrected chi connectivity index (χ3v) is 0.939. The summed E-state index contributed by atoms with van der Waals surface area (Å²) < 4.78 is 4.37. The zero-order valence-corrected chi connectivity index (χ0v) is 4.57. The molecule has 0 spiro atoms. The van der Waals surface area contributed by atoms with Crippen molar-refractivity contribution in [2.24, 2.45) is 0 Å². The van der Waals surface area contributed by atoms with Crippen molar-refractivity contribution in [3.8, 4) is 0 Å². The van der Waals surface area contributed by atoms with Crippen molar-refractivity contribution >= 4 is 11.7 Å². The first kappa shape index (κ1) is 5.72. The van der Waals surface area contributed by atoms with Crippen molar-refractivity contribution in [1.29, 1.82) is 0 Å². The van der Waals surface area contributed by atoms with Crippen molar-refractivity contribution in [3.05, 3.63) is 17.9 Å². The van der Waals surface area contributed by atoms with Gasteiger partial charge in [-0.3, -0.25) is 0 Å². The molecule has 46 valence electrons. The molecule has 9 heavy (non-hydrogen) atoms. The van der Waals surface area contributed by atoms with Crippen molar-refractivity contribution in [2.45, 2.75) is 6.42 Å². The molecule has 1 aliphatic rings. The Bertz CT molecular complexity index is 213. The lowest BCUT2D eigenvalue weighted by atomic mass is 10.2. The fourth-order valence-corrected chi connectivity index (χ4v) is 0.503. The Morgan fingerprint density at radius 2 is 2.56 bits per heavy atom. The second-order valence-corrected chi connectivity index (χ2v) is 1.53. The van der Waals surface area contributed by atoms with Crippen molar-refractivity contribution in [3.63, 3.8) is 0 Å². The van der Waals surface area contributed by atoms with Gasteiger partial charge in [-0.25, -0.2) is 4.79 Å². The Hall–Kier alpha value is -1.41. The maximum absolute atomic E-state index is 10.5. The number of ether oxygens (including phenoxy) is 1. The molecule has 0 aromatic heterocycles. The maximum atomic E-state index is 10.5. The number of carbonyl (C=O) groups excluding carboxylic acids is 1. The van der Waals surface area contributed by atoms with Crippen LogP contribution in [0.3, 0.4) is 0 Å². The van der Waals surface area contributed by atoms with E-state index in [4.69, 9.17) is 5.53 Å². The van der Waals surface area contributed by atoms with Gasteiger partial charge in [-0.1, -0.05) is 0 Å². The van der Waals surface area contributed by atoms with Gasteiger partial charge in [0.25, 0.3) is 0 Å². The molecule has 0 bridgehead atoms. The van der Waals surface area contributed by atoms with Gasteiger partial charge in [0.15, 0.2) is 0 Å². The van der Waals surface area contributed by atoms with E-state index in [1.165, 1.54) is 6.26 Å². The fourth-order valence-electron chi connectivity index (χ4n) is 0.503. The number of nitrogens with zero attached hydrogens (tertiary/aromatic N) is 2. The van der Waals surface area contributed by atoms with E-state index < -0.39 is 5.97 Å². The summed E-state index contributed by atoms with van der Waals surface area (Å²) in [6.07, 6.45) is 3.21. The standard InChI is InChI=1S/C5H4N2O2/c6-7-4-2-1-3-9-5(4)8/h1,3H,2H2. The van der Waals surface area contributed by atoms with Crippen LogP contribution in [-0.4, -0.2) is 16.5 Å². The van der Waals surface area contributed by atoms with Gasteiger partial charge in [-0.2, -0.15) is 4.79 Å². The largest absolute Gasteiger partial charge is 0.426 e. The van der Waals surface area contributed by atoms with E-state index in [1.807, 2.05) is 0 Å². The number of allylic oxidation sites excluding steroid dienone is 1. The lowest BCUT2D eigenvalue weighted by molar-refractivity contribution is -0.135. The summed E-state index contributed by atoms with van der Waals surface area (Å²) in [6.45, 7) is 0. The van der Waals surface area contributed by atoms with E-state index in [0.29, 0.717) is 6.42 Å². The van der Waals surface area contributed by atoms with Gasteiger partial charge in [-0.05, 0) is 6.08 Å². The minimum atomic E-state index is -0.583. The van der Waals surface area contributed by atoms with Crippen LogP contribution in [0.1, 0.15) is 6.42 Å². The normalized spacial score (nSPS) is 16.9. The van der Waals surface area contributed by atoms with Crippen LogP contribution >= 0.6 is 0 Å². The third kappa shape index (κ3) is 1.03. The van der Waals surface area contributed by atoms with E-state index >= 15 is 0 Å². The third-order valence-electron chi connectivity index (χ3n) is 0.939. The molecule has 4 nitrogen and oxygen atoms in total. The smallest absolute Gasteiger partial charge is 0.422 e. The number of hydrogen-bond acceptors (Lipinski definition) is 2. The van der Waals surface area contributed by atoms with E-state index in [0.717, 1.165) is 0 Å². The SMILES string of the molecule is [N-]=[N+]=C1CC=COC1=O. The Labute approximate surface area is 51.4 Å². The minimum absolute atomic E-state index is 0.0394. The van der Waals surface area contributed by atoms with Gasteiger partial charge < -0.3 is 10.3 Å². The molecule has 0 aromatic carbocycles. The Morgan fingerprint density at radius 3 is 3.00 bits per heavy atom. The first-order valence-electron chi connectivity index (χ1n) is 2.41. The van der Waals surface area contributed by atoms with Crippen molar-refractivity contribution in [1.82, 2.24) is 0 Å². The zero-order chi connectivity index (χ0) is 6.69. The van der Waals surface area contributed by atoms with Crippen molar-refractivity contribution in [2.75, 3.05) is 0 Å². The van der Waals surface area contributed by atoms with Gasteiger partial charge in [0, 0.05) is 0 Å². The average Bonchev–Trinajstić information content (AvgIpc) is 1.89. The molecule has 1 aliphatic heterocycles. The van der Waals surface area contributed by atoms with Gasteiger partial charge in [0.2, 0.25) is 0 Å². The second-order valence-electron chi connectivity index (χ2n) is 1.53. The highest BCUT2D eigenvalue weighted by Crippen LogP contribution is 1.97.